The second kappa shape index (κ2) is 5.55. The molecule has 0 spiro atoms. The fraction of sp³-hybridized carbons (Fsp3) is 0.176. The van der Waals surface area contributed by atoms with E-state index < -0.39 is 0 Å². The van der Waals surface area contributed by atoms with E-state index in [0.29, 0.717) is 12.8 Å². The molecule has 0 saturated carbocycles. The second-order valence-electron chi connectivity index (χ2n) is 4.96. The molecule has 0 atom stereocenters. The summed E-state index contributed by atoms with van der Waals surface area (Å²) < 4.78 is 1.16. The van der Waals surface area contributed by atoms with Gasteiger partial charge < -0.3 is 0 Å². The number of hydrogen-bond donors (Lipinski definition) is 0. The molecule has 0 aliphatic rings. The summed E-state index contributed by atoms with van der Waals surface area (Å²) >= 11 is 1.62. The molecular weight excluding hydrogens is 266 g/mol. The van der Waals surface area contributed by atoms with E-state index in [2.05, 4.69) is 24.0 Å². The SMILES string of the molecule is Cc1ccc2nc(CC(=O)Cc3ccccc3)sc2c1. The van der Waals surface area contributed by atoms with E-state index in [9.17, 15) is 4.79 Å². The lowest BCUT2D eigenvalue weighted by Gasteiger charge is -1.98. The number of aromatic nitrogens is 1. The molecule has 3 aromatic rings. The highest BCUT2D eigenvalue weighted by atomic mass is 32.1. The highest BCUT2D eigenvalue weighted by Gasteiger charge is 2.09. The molecule has 0 fully saturated rings. The Morgan fingerprint density at radius 3 is 2.70 bits per heavy atom. The maximum absolute atomic E-state index is 12.1. The maximum Gasteiger partial charge on any atom is 0.144 e. The van der Waals surface area contributed by atoms with Crippen molar-refractivity contribution < 1.29 is 4.79 Å². The smallest absolute Gasteiger partial charge is 0.144 e. The number of aryl methyl sites for hydroxylation is 1. The molecule has 3 rings (SSSR count). The minimum atomic E-state index is 0.215. The molecule has 3 heteroatoms. The van der Waals surface area contributed by atoms with Crippen LogP contribution in [0.1, 0.15) is 16.1 Å². The molecule has 2 nitrogen and oxygen atoms in total. The van der Waals surface area contributed by atoms with Crippen molar-refractivity contribution in [3.8, 4) is 0 Å². The van der Waals surface area contributed by atoms with E-state index in [1.807, 2.05) is 36.4 Å². The number of rotatable bonds is 4. The molecule has 0 radical (unpaired) electrons. The topological polar surface area (TPSA) is 30.0 Å². The number of carbonyl (C=O) groups is 1. The number of hydrogen-bond acceptors (Lipinski definition) is 3. The van der Waals surface area contributed by atoms with Gasteiger partial charge in [-0.15, -0.1) is 11.3 Å². The van der Waals surface area contributed by atoms with Crippen LogP contribution >= 0.6 is 11.3 Å². The zero-order valence-corrected chi connectivity index (χ0v) is 12.1. The van der Waals surface area contributed by atoms with Gasteiger partial charge in [-0.1, -0.05) is 36.4 Å². The van der Waals surface area contributed by atoms with Crippen LogP contribution in [-0.2, 0) is 17.6 Å². The molecule has 0 saturated heterocycles. The zero-order valence-electron chi connectivity index (χ0n) is 11.3. The van der Waals surface area contributed by atoms with Gasteiger partial charge in [0.05, 0.1) is 16.6 Å². The minimum Gasteiger partial charge on any atom is -0.299 e. The van der Waals surface area contributed by atoms with Crippen molar-refractivity contribution in [3.05, 3.63) is 64.7 Å². The Labute approximate surface area is 122 Å². The molecule has 1 heterocycles. The van der Waals surface area contributed by atoms with Gasteiger partial charge in [0.25, 0.3) is 0 Å². The Morgan fingerprint density at radius 2 is 1.90 bits per heavy atom. The molecule has 0 unspecified atom stereocenters. The fourth-order valence-corrected chi connectivity index (χ4v) is 3.30. The van der Waals surface area contributed by atoms with Crippen LogP contribution in [0, 0.1) is 6.92 Å². The lowest BCUT2D eigenvalue weighted by Crippen LogP contribution is -2.06. The normalized spacial score (nSPS) is 10.8. The molecule has 2 aromatic carbocycles. The molecule has 0 aliphatic carbocycles. The Kier molecular flexibility index (Phi) is 3.61. The fourth-order valence-electron chi connectivity index (χ4n) is 2.21. The van der Waals surface area contributed by atoms with Crippen LogP contribution in [0.25, 0.3) is 10.2 Å². The van der Waals surface area contributed by atoms with Gasteiger partial charge in [0.2, 0.25) is 0 Å². The van der Waals surface area contributed by atoms with Crippen molar-refractivity contribution in [1.82, 2.24) is 4.98 Å². The summed E-state index contributed by atoms with van der Waals surface area (Å²) in [6.45, 7) is 2.07. The summed E-state index contributed by atoms with van der Waals surface area (Å²) in [7, 11) is 0. The molecule has 0 bridgehead atoms. The molecule has 0 N–H and O–H groups in total. The lowest BCUT2D eigenvalue weighted by atomic mass is 10.1. The first kappa shape index (κ1) is 13.0. The summed E-state index contributed by atoms with van der Waals surface area (Å²) in [6, 6.07) is 16.1. The molecule has 0 amide bonds. The van der Waals surface area contributed by atoms with Gasteiger partial charge in [0.1, 0.15) is 10.8 Å². The third-order valence-corrected chi connectivity index (χ3v) is 4.20. The highest BCUT2D eigenvalue weighted by Crippen LogP contribution is 2.23. The van der Waals surface area contributed by atoms with Crippen molar-refractivity contribution in [1.29, 1.82) is 0 Å². The van der Waals surface area contributed by atoms with Gasteiger partial charge in [-0.05, 0) is 30.2 Å². The highest BCUT2D eigenvalue weighted by molar-refractivity contribution is 7.18. The molecule has 1 aromatic heterocycles. The van der Waals surface area contributed by atoms with Gasteiger partial charge in [0, 0.05) is 6.42 Å². The van der Waals surface area contributed by atoms with Crippen LogP contribution in [0.3, 0.4) is 0 Å². The van der Waals surface area contributed by atoms with Crippen molar-refractivity contribution >= 4 is 27.3 Å². The largest absolute Gasteiger partial charge is 0.299 e. The van der Waals surface area contributed by atoms with Gasteiger partial charge >= 0.3 is 0 Å². The summed E-state index contributed by atoms with van der Waals surface area (Å²) in [5, 5.41) is 0.909. The van der Waals surface area contributed by atoms with E-state index in [1.54, 1.807) is 11.3 Å². The monoisotopic (exact) mass is 281 g/mol. The summed E-state index contributed by atoms with van der Waals surface area (Å²) in [5.41, 5.74) is 3.28. The maximum atomic E-state index is 12.1. The Hall–Kier alpha value is -2.00. The third-order valence-electron chi connectivity index (χ3n) is 3.18. The van der Waals surface area contributed by atoms with E-state index in [-0.39, 0.29) is 5.78 Å². The van der Waals surface area contributed by atoms with Crippen LogP contribution in [0.4, 0.5) is 0 Å². The standard InChI is InChI=1S/C17H15NOS/c1-12-7-8-15-16(9-12)20-17(18-15)11-14(19)10-13-5-3-2-4-6-13/h2-9H,10-11H2,1H3. The van der Waals surface area contributed by atoms with Crippen LogP contribution in [0.2, 0.25) is 0 Å². The van der Waals surface area contributed by atoms with Gasteiger partial charge in [-0.3, -0.25) is 4.79 Å². The average molecular weight is 281 g/mol. The van der Waals surface area contributed by atoms with Gasteiger partial charge in [-0.25, -0.2) is 4.98 Å². The van der Waals surface area contributed by atoms with Crippen molar-refractivity contribution in [3.63, 3.8) is 0 Å². The quantitative estimate of drug-likeness (QED) is 0.724. The first-order valence-corrected chi connectivity index (χ1v) is 7.44. The van der Waals surface area contributed by atoms with E-state index in [1.165, 1.54) is 5.56 Å². The Bertz CT molecular complexity index is 746. The van der Waals surface area contributed by atoms with Crippen molar-refractivity contribution in [2.24, 2.45) is 0 Å². The number of ketones is 1. The minimum absolute atomic E-state index is 0.215. The van der Waals surface area contributed by atoms with Crippen molar-refractivity contribution in [2.45, 2.75) is 19.8 Å². The predicted octanol–water partition coefficient (Wildman–Crippen LogP) is 3.96. The number of nitrogens with zero attached hydrogens (tertiary/aromatic N) is 1. The average Bonchev–Trinajstić information content (AvgIpc) is 2.80. The Balaban J connectivity index is 1.74. The van der Waals surface area contributed by atoms with Gasteiger partial charge in [-0.2, -0.15) is 0 Å². The molecule has 20 heavy (non-hydrogen) atoms. The van der Waals surface area contributed by atoms with Gasteiger partial charge in [0.15, 0.2) is 0 Å². The first-order chi connectivity index (χ1) is 9.70. The summed E-state index contributed by atoms with van der Waals surface area (Å²) in [4.78, 5) is 16.6. The predicted molar refractivity (Wildman–Crippen MR) is 83.2 cm³/mol. The Morgan fingerprint density at radius 1 is 1.10 bits per heavy atom. The van der Waals surface area contributed by atoms with Crippen LogP contribution < -0.4 is 0 Å². The van der Waals surface area contributed by atoms with Crippen molar-refractivity contribution in [2.75, 3.05) is 0 Å². The van der Waals surface area contributed by atoms with Crippen LogP contribution in [-0.4, -0.2) is 10.8 Å². The number of carbonyl (C=O) groups excluding carboxylic acids is 1. The lowest BCUT2D eigenvalue weighted by molar-refractivity contribution is -0.117. The second-order valence-corrected chi connectivity index (χ2v) is 6.07. The molecule has 0 aliphatic heterocycles. The number of fused-ring (bicyclic) bond motifs is 1. The van der Waals surface area contributed by atoms with E-state index in [0.717, 1.165) is 20.8 Å². The van der Waals surface area contributed by atoms with E-state index >= 15 is 0 Å². The molecular formula is C17H15NOS. The summed E-state index contributed by atoms with van der Waals surface area (Å²) in [6.07, 6.45) is 0.906. The zero-order chi connectivity index (χ0) is 13.9. The number of benzene rings is 2. The third kappa shape index (κ3) is 2.94. The van der Waals surface area contributed by atoms with Crippen LogP contribution in [0.15, 0.2) is 48.5 Å². The van der Waals surface area contributed by atoms with E-state index in [4.69, 9.17) is 0 Å². The number of Topliss-reactive ketones (excluding diaryl/α,β-unsaturated/α-hetero) is 1. The summed E-state index contributed by atoms with van der Waals surface area (Å²) in [5.74, 6) is 0.215. The molecule has 100 valence electrons. The number of thiazole rings is 1. The van der Waals surface area contributed by atoms with Crippen LogP contribution in [0.5, 0.6) is 0 Å². The first-order valence-electron chi connectivity index (χ1n) is 6.62.